The molecule has 0 saturated carbocycles. The smallest absolute Gasteiger partial charge is 0.382 e. The van der Waals surface area contributed by atoms with Crippen molar-refractivity contribution in [2.45, 2.75) is 24.0 Å². The first-order valence-electron chi connectivity index (χ1n) is 8.55. The van der Waals surface area contributed by atoms with Crippen LogP contribution in [0.4, 0.5) is 23.4 Å². The van der Waals surface area contributed by atoms with Crippen LogP contribution >= 0.6 is 13.5 Å². The van der Waals surface area contributed by atoms with Crippen molar-refractivity contribution in [2.75, 3.05) is 5.73 Å². The summed E-state index contributed by atoms with van der Waals surface area (Å²) in [6.45, 7) is 0.697. The highest BCUT2D eigenvalue weighted by atomic mass is 32.2. The van der Waals surface area contributed by atoms with E-state index in [0.29, 0.717) is 6.92 Å². The van der Waals surface area contributed by atoms with Crippen molar-refractivity contribution in [3.05, 3.63) is 60.7 Å². The van der Waals surface area contributed by atoms with Gasteiger partial charge in [-0.25, -0.2) is 17.8 Å². The molecule has 1 aromatic heterocycles. The molecule has 3 N–H and O–H groups in total. The fourth-order valence-electron chi connectivity index (χ4n) is 2.67. The third-order valence-electron chi connectivity index (χ3n) is 4.23. The van der Waals surface area contributed by atoms with Crippen LogP contribution in [-0.4, -0.2) is 30.6 Å². The Labute approximate surface area is 183 Å². The van der Waals surface area contributed by atoms with Crippen LogP contribution in [0, 0.1) is 5.82 Å². The van der Waals surface area contributed by atoms with E-state index in [0.717, 1.165) is 12.1 Å². The van der Waals surface area contributed by atoms with Gasteiger partial charge in [0.1, 0.15) is 17.7 Å². The van der Waals surface area contributed by atoms with Gasteiger partial charge in [-0.15, -0.1) is 0 Å². The van der Waals surface area contributed by atoms with Crippen LogP contribution in [0.2, 0.25) is 0 Å². The van der Waals surface area contributed by atoms with Crippen LogP contribution in [0.15, 0.2) is 59.8 Å². The van der Waals surface area contributed by atoms with Gasteiger partial charge < -0.3 is 5.73 Å². The van der Waals surface area contributed by atoms with Gasteiger partial charge in [0.2, 0.25) is 10.0 Å². The summed E-state index contributed by atoms with van der Waals surface area (Å²) in [7, 11) is -4.53. The molecule has 3 rings (SSSR count). The van der Waals surface area contributed by atoms with Crippen molar-refractivity contribution in [3.63, 3.8) is 0 Å². The maximum Gasteiger partial charge on any atom is 0.404 e. The standard InChI is InChI=1S/C19H16F4N4O2S.H2S/c1-11(19(21,22)23)27-30(28,29)17-5-3-2-4-13(17)12-6-7-14(15(20)8-12)16-9-26-18(24)10-25-16;/h2-11,27H,1H3,(H2,24,26);1H2/t11-;/m1./s1. The Kier molecular flexibility index (Phi) is 7.29. The Morgan fingerprint density at radius 2 is 1.71 bits per heavy atom. The Bertz CT molecular complexity index is 1170. The number of nitrogens with one attached hydrogen (secondary N) is 1. The van der Waals surface area contributed by atoms with Crippen LogP contribution in [0.5, 0.6) is 0 Å². The van der Waals surface area contributed by atoms with Crippen molar-refractivity contribution >= 4 is 29.3 Å². The number of nitrogens with two attached hydrogens (primary N) is 1. The highest BCUT2D eigenvalue weighted by Crippen LogP contribution is 2.31. The fraction of sp³-hybridized carbons (Fsp3) is 0.158. The molecule has 2 aromatic carbocycles. The molecule has 0 aliphatic carbocycles. The molecule has 0 fully saturated rings. The van der Waals surface area contributed by atoms with Gasteiger partial charge in [-0.05, 0) is 30.7 Å². The number of sulfonamides is 1. The third-order valence-corrected chi connectivity index (χ3v) is 5.83. The van der Waals surface area contributed by atoms with E-state index >= 15 is 0 Å². The maximum absolute atomic E-state index is 14.7. The Morgan fingerprint density at radius 3 is 2.29 bits per heavy atom. The maximum atomic E-state index is 14.7. The molecule has 0 unspecified atom stereocenters. The average molecular weight is 475 g/mol. The summed E-state index contributed by atoms with van der Waals surface area (Å²) in [5.41, 5.74) is 6.00. The lowest BCUT2D eigenvalue weighted by atomic mass is 10.0. The molecule has 1 heterocycles. The summed E-state index contributed by atoms with van der Waals surface area (Å²) in [5.74, 6) is -0.550. The first kappa shape index (κ1) is 24.6. The molecule has 0 radical (unpaired) electrons. The quantitative estimate of drug-likeness (QED) is 0.547. The summed E-state index contributed by atoms with van der Waals surface area (Å²) in [6, 6.07) is 7.00. The number of nitrogens with zero attached hydrogens (tertiary/aromatic N) is 2. The van der Waals surface area contributed by atoms with E-state index in [1.54, 1.807) is 4.72 Å². The number of nitrogen functional groups attached to an aromatic ring is 1. The van der Waals surface area contributed by atoms with Crippen LogP contribution in [0.1, 0.15) is 6.92 Å². The van der Waals surface area contributed by atoms with E-state index in [1.165, 1.54) is 42.7 Å². The van der Waals surface area contributed by atoms with E-state index in [1.807, 2.05) is 0 Å². The first-order chi connectivity index (χ1) is 14.0. The van der Waals surface area contributed by atoms with E-state index in [4.69, 9.17) is 5.73 Å². The third kappa shape index (κ3) is 5.51. The zero-order valence-electron chi connectivity index (χ0n) is 16.0. The average Bonchev–Trinajstić information content (AvgIpc) is 2.68. The van der Waals surface area contributed by atoms with Crippen molar-refractivity contribution in [1.82, 2.24) is 14.7 Å². The number of halogens is 4. The molecule has 6 nitrogen and oxygen atoms in total. The van der Waals surface area contributed by atoms with Crippen molar-refractivity contribution in [1.29, 1.82) is 0 Å². The van der Waals surface area contributed by atoms with Gasteiger partial charge in [-0.1, -0.05) is 24.3 Å². The fourth-order valence-corrected chi connectivity index (χ4v) is 4.13. The molecule has 0 amide bonds. The molecule has 0 saturated heterocycles. The summed E-state index contributed by atoms with van der Waals surface area (Å²) >= 11 is 0. The molecule has 12 heteroatoms. The minimum Gasteiger partial charge on any atom is -0.382 e. The van der Waals surface area contributed by atoms with Gasteiger partial charge in [-0.2, -0.15) is 31.4 Å². The van der Waals surface area contributed by atoms with Gasteiger partial charge in [0.05, 0.1) is 23.0 Å². The largest absolute Gasteiger partial charge is 0.404 e. The number of alkyl halides is 3. The Hall–Kier alpha value is -2.70. The number of benzene rings is 2. The van der Waals surface area contributed by atoms with E-state index in [9.17, 15) is 26.0 Å². The number of aromatic nitrogens is 2. The monoisotopic (exact) mass is 474 g/mol. The molecule has 0 aliphatic rings. The lowest BCUT2D eigenvalue weighted by Gasteiger charge is -2.19. The van der Waals surface area contributed by atoms with Crippen LogP contribution in [0.25, 0.3) is 22.4 Å². The number of hydrogen-bond acceptors (Lipinski definition) is 5. The normalized spacial score (nSPS) is 12.8. The topological polar surface area (TPSA) is 98.0 Å². The summed E-state index contributed by atoms with van der Waals surface area (Å²) in [4.78, 5) is 7.42. The second-order valence-electron chi connectivity index (χ2n) is 6.40. The summed E-state index contributed by atoms with van der Waals surface area (Å²) in [5, 5.41) is 0. The van der Waals surface area contributed by atoms with Crippen LogP contribution in [0.3, 0.4) is 0 Å². The van der Waals surface area contributed by atoms with Crippen molar-refractivity contribution < 1.29 is 26.0 Å². The highest BCUT2D eigenvalue weighted by molar-refractivity contribution is 7.89. The van der Waals surface area contributed by atoms with Crippen molar-refractivity contribution in [3.8, 4) is 22.4 Å². The zero-order chi connectivity index (χ0) is 22.1. The molecule has 3 aromatic rings. The minimum atomic E-state index is -4.75. The van der Waals surface area contributed by atoms with Gasteiger partial charge in [0, 0.05) is 11.1 Å². The molecule has 166 valence electrons. The predicted octanol–water partition coefficient (Wildman–Crippen LogP) is 3.87. The molecule has 1 atom stereocenters. The summed E-state index contributed by atoms with van der Waals surface area (Å²) in [6.07, 6.45) is -2.21. The van der Waals surface area contributed by atoms with Crippen molar-refractivity contribution in [2.24, 2.45) is 0 Å². The van der Waals surface area contributed by atoms with E-state index in [-0.39, 0.29) is 41.7 Å². The molecular formula is C19H18F4N4O2S2. The van der Waals surface area contributed by atoms with Gasteiger partial charge in [0.15, 0.2) is 0 Å². The Morgan fingerprint density at radius 1 is 1.03 bits per heavy atom. The minimum absolute atomic E-state index is 0. The van der Waals surface area contributed by atoms with Crippen LogP contribution in [-0.2, 0) is 10.0 Å². The molecule has 0 aliphatic heterocycles. The van der Waals surface area contributed by atoms with Gasteiger partial charge >= 0.3 is 6.18 Å². The Balaban J connectivity index is 0.00000341. The summed E-state index contributed by atoms with van der Waals surface area (Å²) < 4.78 is 79.8. The number of hydrogen-bond donors (Lipinski definition) is 2. The SMILES string of the molecule is C[C@@H](NS(=O)(=O)c1ccccc1-c1ccc(-c2cnc(N)cn2)c(F)c1)C(F)(F)F.S. The van der Waals surface area contributed by atoms with E-state index in [2.05, 4.69) is 9.97 Å². The lowest BCUT2D eigenvalue weighted by Crippen LogP contribution is -2.43. The highest BCUT2D eigenvalue weighted by Gasteiger charge is 2.39. The second kappa shape index (κ2) is 9.20. The van der Waals surface area contributed by atoms with Gasteiger partial charge in [-0.3, -0.25) is 4.98 Å². The number of anilines is 1. The molecule has 0 spiro atoms. The predicted molar refractivity (Wildman–Crippen MR) is 113 cm³/mol. The molecular weight excluding hydrogens is 456 g/mol. The first-order valence-corrected chi connectivity index (χ1v) is 10.0. The second-order valence-corrected chi connectivity index (χ2v) is 8.08. The van der Waals surface area contributed by atoms with E-state index < -0.39 is 33.0 Å². The molecule has 0 bridgehead atoms. The number of rotatable bonds is 5. The van der Waals surface area contributed by atoms with Gasteiger partial charge in [0.25, 0.3) is 0 Å². The zero-order valence-corrected chi connectivity index (χ0v) is 17.8. The van der Waals surface area contributed by atoms with Crippen LogP contribution < -0.4 is 10.5 Å². The lowest BCUT2D eigenvalue weighted by molar-refractivity contribution is -0.147. The molecule has 31 heavy (non-hydrogen) atoms.